The van der Waals surface area contributed by atoms with Crippen LogP contribution in [0.1, 0.15) is 0 Å². The van der Waals surface area contributed by atoms with Crippen molar-refractivity contribution in [2.45, 2.75) is 0 Å². The number of hydrogen-bond donors (Lipinski definition) is 0. The van der Waals surface area contributed by atoms with Crippen LogP contribution in [0.3, 0.4) is 0 Å². The van der Waals surface area contributed by atoms with Gasteiger partial charge in [-0.3, -0.25) is 4.57 Å². The average Bonchev–Trinajstić information content (AvgIpc) is 3.84. The van der Waals surface area contributed by atoms with E-state index >= 15 is 0 Å². The van der Waals surface area contributed by atoms with Gasteiger partial charge in [0.15, 0.2) is 0 Å². The van der Waals surface area contributed by atoms with Crippen LogP contribution in [0, 0.1) is 0 Å². The highest BCUT2D eigenvalue weighted by atomic mass is 15.2. The van der Waals surface area contributed by atoms with Gasteiger partial charge in [0.05, 0.1) is 33.3 Å². The second-order valence-corrected chi connectivity index (χ2v) is 15.4. The molecule has 0 atom stereocenters. The summed E-state index contributed by atoms with van der Waals surface area (Å²) in [5.74, 6) is 0.654. The topological polar surface area (TPSA) is 35.6 Å². The summed E-state index contributed by atoms with van der Waals surface area (Å²) in [5.41, 5.74) is 15.7. The lowest BCUT2D eigenvalue weighted by atomic mass is 10.0. The Bertz CT molecular complexity index is 3560. The molecule has 3 aromatic heterocycles. The molecular formula is C56H36N4. The lowest BCUT2D eigenvalue weighted by Gasteiger charge is -2.12. The Labute approximate surface area is 346 Å². The van der Waals surface area contributed by atoms with Crippen molar-refractivity contribution in [2.24, 2.45) is 0 Å². The lowest BCUT2D eigenvalue weighted by molar-refractivity contribution is 1.01. The van der Waals surface area contributed by atoms with Crippen LogP contribution in [0.4, 0.5) is 0 Å². The van der Waals surface area contributed by atoms with E-state index in [-0.39, 0.29) is 0 Å². The van der Waals surface area contributed by atoms with Gasteiger partial charge in [-0.05, 0) is 88.0 Å². The number of para-hydroxylation sites is 3. The van der Waals surface area contributed by atoms with E-state index in [9.17, 15) is 0 Å². The molecule has 3 heterocycles. The molecule has 12 aromatic rings. The third kappa shape index (κ3) is 5.53. The predicted octanol–water partition coefficient (Wildman–Crippen LogP) is 14.5. The maximum absolute atomic E-state index is 5.36. The number of benzene rings is 9. The van der Waals surface area contributed by atoms with E-state index in [0.717, 1.165) is 55.2 Å². The van der Waals surface area contributed by atoms with Gasteiger partial charge in [0, 0.05) is 38.2 Å². The van der Waals surface area contributed by atoms with Crippen LogP contribution in [-0.2, 0) is 0 Å². The number of hydrogen-bond acceptors (Lipinski definition) is 2. The number of aromatic nitrogens is 4. The Morgan fingerprint density at radius 1 is 0.267 bits per heavy atom. The Balaban J connectivity index is 0.978. The van der Waals surface area contributed by atoms with Crippen molar-refractivity contribution in [2.75, 3.05) is 0 Å². The molecule has 4 heteroatoms. The SMILES string of the molecule is c1ccc(-c2ccc(-c3nc(-n4c5ccccc5c5cc(-c6ccc7c(c6)c6ccccc6n7-c6ccc(-c7ccccc7)cc6)ccc54)nc4ccccc34)cc2)cc1. The van der Waals surface area contributed by atoms with E-state index in [0.29, 0.717) is 5.95 Å². The molecule has 0 amide bonds. The highest BCUT2D eigenvalue weighted by Crippen LogP contribution is 2.39. The molecule has 60 heavy (non-hydrogen) atoms. The zero-order chi connectivity index (χ0) is 39.6. The molecule has 4 nitrogen and oxygen atoms in total. The maximum atomic E-state index is 5.36. The minimum absolute atomic E-state index is 0.654. The summed E-state index contributed by atoms with van der Waals surface area (Å²) < 4.78 is 4.61. The van der Waals surface area contributed by atoms with E-state index in [4.69, 9.17) is 9.97 Å². The molecule has 0 N–H and O–H groups in total. The standard InChI is InChI=1S/C56H36N4/c1-3-13-37(14-4-1)39-23-25-41(26-24-39)55-47-19-7-10-20-50(47)57-56(58-55)60-52-22-12-9-18-46(52)49-36-43(30-34-54(49)60)42-29-33-53-48(35-42)45-17-8-11-21-51(45)59(53)44-31-27-40(28-32-44)38-15-5-2-6-16-38/h1-36H. The molecule has 12 rings (SSSR count). The summed E-state index contributed by atoms with van der Waals surface area (Å²) in [4.78, 5) is 10.6. The zero-order valence-corrected chi connectivity index (χ0v) is 32.6. The Morgan fingerprint density at radius 2 is 0.683 bits per heavy atom. The Morgan fingerprint density at radius 3 is 1.28 bits per heavy atom. The van der Waals surface area contributed by atoms with E-state index in [1.807, 2.05) is 0 Å². The molecule has 0 saturated heterocycles. The Kier molecular flexibility index (Phi) is 7.82. The molecule has 0 aliphatic heterocycles. The number of rotatable bonds is 6. The van der Waals surface area contributed by atoms with Crippen molar-refractivity contribution in [3.05, 3.63) is 218 Å². The molecule has 0 spiro atoms. The highest BCUT2D eigenvalue weighted by Gasteiger charge is 2.19. The van der Waals surface area contributed by atoms with Crippen molar-refractivity contribution in [1.82, 2.24) is 19.1 Å². The highest BCUT2D eigenvalue weighted by molar-refractivity contribution is 6.12. The summed E-state index contributed by atoms with van der Waals surface area (Å²) in [6, 6.07) is 78.0. The van der Waals surface area contributed by atoms with Gasteiger partial charge in [0.2, 0.25) is 5.95 Å². The first-order valence-corrected chi connectivity index (χ1v) is 20.4. The second kappa shape index (κ2) is 13.8. The van der Waals surface area contributed by atoms with Crippen LogP contribution < -0.4 is 0 Å². The molecule has 0 saturated carbocycles. The van der Waals surface area contributed by atoms with Gasteiger partial charge in [-0.15, -0.1) is 0 Å². The summed E-state index contributed by atoms with van der Waals surface area (Å²) in [5, 5.41) is 5.81. The van der Waals surface area contributed by atoms with E-state index in [1.54, 1.807) is 0 Å². The fourth-order valence-corrected chi connectivity index (χ4v) is 9.07. The van der Waals surface area contributed by atoms with Gasteiger partial charge in [-0.25, -0.2) is 9.97 Å². The molecule has 9 aromatic carbocycles. The summed E-state index contributed by atoms with van der Waals surface area (Å²) in [6.45, 7) is 0. The molecule has 0 unspecified atom stereocenters. The van der Waals surface area contributed by atoms with Gasteiger partial charge in [0.25, 0.3) is 0 Å². The van der Waals surface area contributed by atoms with Crippen LogP contribution in [0.25, 0.3) is 111 Å². The first kappa shape index (κ1) is 34.0. The average molecular weight is 765 g/mol. The lowest BCUT2D eigenvalue weighted by Crippen LogP contribution is -2.03. The maximum Gasteiger partial charge on any atom is 0.235 e. The van der Waals surface area contributed by atoms with Gasteiger partial charge < -0.3 is 4.57 Å². The summed E-state index contributed by atoms with van der Waals surface area (Å²) in [6.07, 6.45) is 0. The first-order valence-electron chi connectivity index (χ1n) is 20.4. The van der Waals surface area contributed by atoms with Crippen LogP contribution in [-0.4, -0.2) is 19.1 Å². The van der Waals surface area contributed by atoms with Crippen molar-refractivity contribution in [1.29, 1.82) is 0 Å². The van der Waals surface area contributed by atoms with Gasteiger partial charge in [-0.2, -0.15) is 0 Å². The zero-order valence-electron chi connectivity index (χ0n) is 32.6. The quantitative estimate of drug-likeness (QED) is 0.169. The summed E-state index contributed by atoms with van der Waals surface area (Å²) in [7, 11) is 0. The molecular weight excluding hydrogens is 729 g/mol. The fraction of sp³-hybridized carbons (Fsp3) is 0. The van der Waals surface area contributed by atoms with Gasteiger partial charge in [0.1, 0.15) is 0 Å². The molecule has 0 bridgehead atoms. The van der Waals surface area contributed by atoms with E-state index < -0.39 is 0 Å². The second-order valence-electron chi connectivity index (χ2n) is 15.4. The van der Waals surface area contributed by atoms with E-state index in [1.165, 1.54) is 49.6 Å². The normalized spacial score (nSPS) is 11.7. The van der Waals surface area contributed by atoms with Crippen molar-refractivity contribution in [3.8, 4) is 56.3 Å². The third-order valence-electron chi connectivity index (χ3n) is 12.0. The molecule has 0 aliphatic carbocycles. The number of nitrogens with zero attached hydrogens (tertiary/aromatic N) is 4. The van der Waals surface area contributed by atoms with E-state index in [2.05, 4.69) is 228 Å². The van der Waals surface area contributed by atoms with Gasteiger partial charge >= 0.3 is 0 Å². The fourth-order valence-electron chi connectivity index (χ4n) is 9.07. The Hall–Kier alpha value is -8.08. The molecule has 280 valence electrons. The van der Waals surface area contributed by atoms with Crippen LogP contribution >= 0.6 is 0 Å². The molecule has 0 aliphatic rings. The summed E-state index contributed by atoms with van der Waals surface area (Å²) >= 11 is 0. The van der Waals surface area contributed by atoms with Crippen LogP contribution in [0.2, 0.25) is 0 Å². The van der Waals surface area contributed by atoms with Gasteiger partial charge in [-0.1, -0.05) is 164 Å². The predicted molar refractivity (Wildman–Crippen MR) is 250 cm³/mol. The number of fused-ring (bicyclic) bond motifs is 7. The van der Waals surface area contributed by atoms with Crippen molar-refractivity contribution in [3.63, 3.8) is 0 Å². The van der Waals surface area contributed by atoms with Crippen molar-refractivity contribution < 1.29 is 0 Å². The van der Waals surface area contributed by atoms with Crippen LogP contribution in [0.15, 0.2) is 218 Å². The first-order chi connectivity index (χ1) is 29.7. The smallest absolute Gasteiger partial charge is 0.235 e. The molecule has 0 fully saturated rings. The third-order valence-corrected chi connectivity index (χ3v) is 12.0. The van der Waals surface area contributed by atoms with Crippen LogP contribution in [0.5, 0.6) is 0 Å². The minimum Gasteiger partial charge on any atom is -0.309 e. The minimum atomic E-state index is 0.654. The largest absolute Gasteiger partial charge is 0.309 e. The monoisotopic (exact) mass is 764 g/mol. The van der Waals surface area contributed by atoms with Crippen molar-refractivity contribution >= 4 is 54.5 Å². The molecule has 0 radical (unpaired) electrons.